The van der Waals surface area contributed by atoms with Crippen LogP contribution in [0.3, 0.4) is 0 Å². The van der Waals surface area contributed by atoms with Crippen molar-refractivity contribution in [2.24, 2.45) is 5.92 Å². The van der Waals surface area contributed by atoms with Gasteiger partial charge in [0.15, 0.2) is 0 Å². The molecule has 1 heterocycles. The number of carbonyl (C=O) groups is 2. The number of nitrogens with zero attached hydrogens (tertiary/aromatic N) is 1. The number of carboxylic acids is 1. The molecule has 0 spiro atoms. The van der Waals surface area contributed by atoms with Crippen LogP contribution in [0.4, 0.5) is 4.79 Å². The molecule has 3 unspecified atom stereocenters. The molecular weight excluding hydrogens is 248 g/mol. The molecule has 0 saturated heterocycles. The van der Waals surface area contributed by atoms with Crippen LogP contribution in [-0.4, -0.2) is 33.3 Å². The van der Waals surface area contributed by atoms with Crippen LogP contribution >= 0.6 is 0 Å². The second-order valence-corrected chi connectivity index (χ2v) is 4.54. The Hall–Kier alpha value is -2.31. The van der Waals surface area contributed by atoms with Gasteiger partial charge >= 0.3 is 12.0 Å². The molecule has 2 rings (SSSR count). The molecule has 1 aromatic heterocycles. The van der Waals surface area contributed by atoms with Crippen molar-refractivity contribution in [3.63, 3.8) is 0 Å². The van der Waals surface area contributed by atoms with E-state index in [-0.39, 0.29) is 18.1 Å². The minimum Gasteiger partial charge on any atom is -0.481 e. The highest BCUT2D eigenvalue weighted by Crippen LogP contribution is 2.18. The summed E-state index contributed by atoms with van der Waals surface area (Å²) in [6, 6.07) is -0.730. The Kier molecular flexibility index (Phi) is 3.84. The standard InChI is InChI=1S/C12H16N4O3/c1-7(9-5-13-14-6-9)15-12(19)16-10-3-2-8(4-10)11(17)18/h2-3,5-8,10H,4H2,1H3,(H,13,14)(H,17,18)(H2,15,16,19). The smallest absolute Gasteiger partial charge is 0.315 e. The molecule has 3 atom stereocenters. The quantitative estimate of drug-likeness (QED) is 0.603. The molecule has 19 heavy (non-hydrogen) atoms. The summed E-state index contributed by atoms with van der Waals surface area (Å²) in [5.41, 5.74) is 0.875. The van der Waals surface area contributed by atoms with Crippen LogP contribution in [-0.2, 0) is 4.79 Å². The van der Waals surface area contributed by atoms with Crippen LogP contribution in [0.25, 0.3) is 0 Å². The Morgan fingerprint density at radius 1 is 1.53 bits per heavy atom. The molecule has 0 radical (unpaired) electrons. The summed E-state index contributed by atoms with van der Waals surface area (Å²) >= 11 is 0. The molecule has 1 aliphatic rings. The van der Waals surface area contributed by atoms with Crippen molar-refractivity contribution in [2.75, 3.05) is 0 Å². The third kappa shape index (κ3) is 3.34. The molecule has 0 saturated carbocycles. The first-order valence-electron chi connectivity index (χ1n) is 6.03. The number of hydrogen-bond donors (Lipinski definition) is 4. The zero-order valence-corrected chi connectivity index (χ0v) is 10.5. The summed E-state index contributed by atoms with van der Waals surface area (Å²) in [5.74, 6) is -1.38. The largest absolute Gasteiger partial charge is 0.481 e. The van der Waals surface area contributed by atoms with Gasteiger partial charge in [-0.05, 0) is 13.3 Å². The van der Waals surface area contributed by atoms with E-state index in [1.54, 1.807) is 24.5 Å². The van der Waals surface area contributed by atoms with Gasteiger partial charge in [-0.25, -0.2) is 4.79 Å². The van der Waals surface area contributed by atoms with Gasteiger partial charge < -0.3 is 15.7 Å². The van der Waals surface area contributed by atoms with Crippen LogP contribution in [0.15, 0.2) is 24.5 Å². The van der Waals surface area contributed by atoms with Crippen molar-refractivity contribution >= 4 is 12.0 Å². The number of rotatable bonds is 4. The first-order valence-corrected chi connectivity index (χ1v) is 6.03. The van der Waals surface area contributed by atoms with E-state index < -0.39 is 11.9 Å². The first kappa shape index (κ1) is 13.1. The summed E-state index contributed by atoms with van der Waals surface area (Å²) in [4.78, 5) is 22.5. The van der Waals surface area contributed by atoms with Crippen molar-refractivity contribution in [1.29, 1.82) is 0 Å². The molecule has 2 amide bonds. The van der Waals surface area contributed by atoms with Crippen molar-refractivity contribution < 1.29 is 14.7 Å². The van der Waals surface area contributed by atoms with Gasteiger partial charge in [-0.1, -0.05) is 12.2 Å². The second kappa shape index (κ2) is 5.55. The van der Waals surface area contributed by atoms with E-state index in [4.69, 9.17) is 5.11 Å². The molecule has 4 N–H and O–H groups in total. The lowest BCUT2D eigenvalue weighted by molar-refractivity contribution is -0.140. The predicted octanol–water partition coefficient (Wildman–Crippen LogP) is 0.799. The molecule has 7 nitrogen and oxygen atoms in total. The third-order valence-corrected chi connectivity index (χ3v) is 3.08. The number of H-pyrrole nitrogens is 1. The number of nitrogens with one attached hydrogen (secondary N) is 3. The molecule has 7 heteroatoms. The number of carbonyl (C=O) groups excluding carboxylic acids is 1. The minimum absolute atomic E-state index is 0.167. The molecule has 0 bridgehead atoms. The van der Waals surface area contributed by atoms with E-state index in [0.717, 1.165) is 5.56 Å². The Morgan fingerprint density at radius 3 is 2.89 bits per heavy atom. The fourth-order valence-electron chi connectivity index (χ4n) is 1.98. The van der Waals surface area contributed by atoms with Crippen LogP contribution in [0.2, 0.25) is 0 Å². The Morgan fingerprint density at radius 2 is 2.32 bits per heavy atom. The number of aliphatic carboxylic acids is 1. The lowest BCUT2D eigenvalue weighted by atomic mass is 10.1. The van der Waals surface area contributed by atoms with E-state index in [1.807, 2.05) is 6.92 Å². The SMILES string of the molecule is CC(NC(=O)NC1C=CC(C(=O)O)C1)c1cn[nH]c1. The number of hydrogen-bond acceptors (Lipinski definition) is 3. The van der Waals surface area contributed by atoms with Gasteiger partial charge in [-0.15, -0.1) is 0 Å². The highest BCUT2D eigenvalue weighted by Gasteiger charge is 2.25. The number of urea groups is 1. The average molecular weight is 264 g/mol. The molecule has 0 aromatic carbocycles. The minimum atomic E-state index is -0.868. The zero-order valence-electron chi connectivity index (χ0n) is 10.5. The van der Waals surface area contributed by atoms with Crippen molar-refractivity contribution in [2.45, 2.75) is 25.4 Å². The van der Waals surface area contributed by atoms with Gasteiger partial charge in [0.2, 0.25) is 0 Å². The van der Waals surface area contributed by atoms with Gasteiger partial charge in [-0.3, -0.25) is 9.89 Å². The zero-order chi connectivity index (χ0) is 13.8. The van der Waals surface area contributed by atoms with Gasteiger partial charge in [0.05, 0.1) is 24.2 Å². The molecule has 0 fully saturated rings. The molecular formula is C12H16N4O3. The summed E-state index contributed by atoms with van der Waals surface area (Å²) in [7, 11) is 0. The number of aromatic nitrogens is 2. The van der Waals surface area contributed by atoms with Gasteiger partial charge in [-0.2, -0.15) is 5.10 Å². The highest BCUT2D eigenvalue weighted by atomic mass is 16.4. The number of carboxylic acid groups (broad SMARTS) is 1. The molecule has 1 aliphatic carbocycles. The lowest BCUT2D eigenvalue weighted by Crippen LogP contribution is -2.42. The fraction of sp³-hybridized carbons (Fsp3) is 0.417. The predicted molar refractivity (Wildman–Crippen MR) is 67.3 cm³/mol. The van der Waals surface area contributed by atoms with Crippen LogP contribution in [0, 0.1) is 5.92 Å². The van der Waals surface area contributed by atoms with Crippen LogP contribution < -0.4 is 10.6 Å². The third-order valence-electron chi connectivity index (χ3n) is 3.08. The Balaban J connectivity index is 1.80. The summed E-state index contributed by atoms with van der Waals surface area (Å²) in [6.07, 6.45) is 7.05. The monoisotopic (exact) mass is 264 g/mol. The first-order chi connectivity index (χ1) is 9.06. The second-order valence-electron chi connectivity index (χ2n) is 4.54. The van der Waals surface area contributed by atoms with Crippen LogP contribution in [0.1, 0.15) is 24.9 Å². The van der Waals surface area contributed by atoms with Gasteiger partial charge in [0, 0.05) is 11.8 Å². The maximum atomic E-state index is 11.7. The van der Waals surface area contributed by atoms with Crippen molar-refractivity contribution in [1.82, 2.24) is 20.8 Å². The highest BCUT2D eigenvalue weighted by molar-refractivity contribution is 5.76. The average Bonchev–Trinajstić information content (AvgIpc) is 2.98. The number of amides is 2. The number of aromatic amines is 1. The van der Waals surface area contributed by atoms with Gasteiger partial charge in [0.1, 0.15) is 0 Å². The molecule has 102 valence electrons. The van der Waals surface area contributed by atoms with E-state index >= 15 is 0 Å². The maximum Gasteiger partial charge on any atom is 0.315 e. The molecule has 0 aliphatic heterocycles. The summed E-state index contributed by atoms with van der Waals surface area (Å²) in [6.45, 7) is 1.84. The summed E-state index contributed by atoms with van der Waals surface area (Å²) in [5, 5.41) is 20.8. The van der Waals surface area contributed by atoms with E-state index in [2.05, 4.69) is 20.8 Å². The fourth-order valence-corrected chi connectivity index (χ4v) is 1.98. The maximum absolute atomic E-state index is 11.7. The molecule has 1 aromatic rings. The van der Waals surface area contributed by atoms with Crippen LogP contribution in [0.5, 0.6) is 0 Å². The summed E-state index contributed by atoms with van der Waals surface area (Å²) < 4.78 is 0. The van der Waals surface area contributed by atoms with Crippen molar-refractivity contribution in [3.8, 4) is 0 Å². The van der Waals surface area contributed by atoms with Gasteiger partial charge in [0.25, 0.3) is 0 Å². The topological polar surface area (TPSA) is 107 Å². The van der Waals surface area contributed by atoms with Crippen molar-refractivity contribution in [3.05, 3.63) is 30.1 Å². The van der Waals surface area contributed by atoms with E-state index in [0.29, 0.717) is 6.42 Å². The lowest BCUT2D eigenvalue weighted by Gasteiger charge is -2.16. The Bertz CT molecular complexity index is 483. The van der Waals surface area contributed by atoms with E-state index in [1.165, 1.54) is 0 Å². The Labute approximate surface area is 110 Å². The van der Waals surface area contributed by atoms with E-state index in [9.17, 15) is 9.59 Å². The normalized spacial score (nSPS) is 23.0.